The van der Waals surface area contributed by atoms with Crippen molar-refractivity contribution in [3.63, 3.8) is 0 Å². The van der Waals surface area contributed by atoms with Crippen LogP contribution >= 0.6 is 0 Å². The van der Waals surface area contributed by atoms with Gasteiger partial charge in [-0.3, -0.25) is 19.8 Å². The minimum atomic E-state index is -0.555. The van der Waals surface area contributed by atoms with Crippen LogP contribution in [-0.2, 0) is 14.3 Å². The van der Waals surface area contributed by atoms with Gasteiger partial charge in [0.05, 0.1) is 25.5 Å². The second kappa shape index (κ2) is 10.9. The third-order valence-electron chi connectivity index (χ3n) is 6.41. The number of amidine groups is 1. The largest absolute Gasteiger partial charge is 0.491 e. The first-order chi connectivity index (χ1) is 17.8. The topological polar surface area (TPSA) is 149 Å². The number of nitrogens with zero attached hydrogens (tertiary/aromatic N) is 1. The van der Waals surface area contributed by atoms with Crippen LogP contribution in [0.4, 0.5) is 5.69 Å². The molecule has 2 amide bonds. The van der Waals surface area contributed by atoms with Gasteiger partial charge in [0.1, 0.15) is 18.2 Å². The molecule has 1 fully saturated rings. The monoisotopic (exact) mass is 500 g/mol. The molecule has 4 rings (SSSR count). The van der Waals surface area contributed by atoms with E-state index < -0.39 is 17.8 Å². The highest BCUT2D eigenvalue weighted by Crippen LogP contribution is 2.33. The van der Waals surface area contributed by atoms with Crippen LogP contribution in [0, 0.1) is 11.3 Å². The number of nitrogens with one attached hydrogen (secondary N) is 1. The zero-order chi connectivity index (χ0) is 26.5. The maximum absolute atomic E-state index is 13.2. The fourth-order valence-electron chi connectivity index (χ4n) is 4.41. The van der Waals surface area contributed by atoms with Gasteiger partial charge < -0.3 is 25.8 Å². The Bertz CT molecular complexity index is 1300. The Morgan fingerprint density at radius 2 is 1.49 bits per heavy atom. The van der Waals surface area contributed by atoms with Crippen molar-refractivity contribution in [2.45, 2.75) is 18.9 Å². The summed E-state index contributed by atoms with van der Waals surface area (Å²) in [6, 6.07) is 21.1. The number of nitrogens with two attached hydrogens (primary N) is 2. The lowest BCUT2D eigenvalue weighted by Crippen LogP contribution is -2.37. The zero-order valence-electron chi connectivity index (χ0n) is 20.3. The SMILES string of the molecule is COC(=O)C[C@@H]1C[C@@H](COc2ccc(-c3ccc(C(=N)N)cc3)cc2)N(c2ccc(C(N)=O)cc2)C1=O. The molecule has 0 spiro atoms. The van der Waals surface area contributed by atoms with Gasteiger partial charge in [-0.15, -0.1) is 0 Å². The summed E-state index contributed by atoms with van der Waals surface area (Å²) in [5.41, 5.74) is 14.4. The molecule has 0 aromatic heterocycles. The number of ether oxygens (including phenoxy) is 2. The fraction of sp³-hybridized carbons (Fsp3) is 0.214. The van der Waals surface area contributed by atoms with Crippen molar-refractivity contribution in [3.05, 3.63) is 83.9 Å². The summed E-state index contributed by atoms with van der Waals surface area (Å²) in [6.07, 6.45) is 0.408. The average Bonchev–Trinajstić information content (AvgIpc) is 3.22. The minimum absolute atomic E-state index is 0.0151. The number of benzene rings is 3. The molecule has 9 heteroatoms. The van der Waals surface area contributed by atoms with Crippen LogP contribution in [0.5, 0.6) is 5.75 Å². The number of nitrogen functional groups attached to an aromatic ring is 1. The van der Waals surface area contributed by atoms with E-state index in [1.165, 1.54) is 7.11 Å². The summed E-state index contributed by atoms with van der Waals surface area (Å²) in [5, 5.41) is 7.51. The van der Waals surface area contributed by atoms with Crippen LogP contribution < -0.4 is 21.1 Å². The smallest absolute Gasteiger partial charge is 0.306 e. The van der Waals surface area contributed by atoms with E-state index in [0.29, 0.717) is 29.0 Å². The third kappa shape index (κ3) is 5.78. The number of carbonyl (C=O) groups excluding carboxylic acids is 3. The van der Waals surface area contributed by atoms with Gasteiger partial charge in [0.2, 0.25) is 11.8 Å². The fourth-order valence-corrected chi connectivity index (χ4v) is 4.41. The quantitative estimate of drug-likeness (QED) is 0.234. The van der Waals surface area contributed by atoms with Crippen molar-refractivity contribution in [1.29, 1.82) is 5.41 Å². The molecule has 1 heterocycles. The molecule has 0 unspecified atom stereocenters. The average molecular weight is 501 g/mol. The molecule has 2 atom stereocenters. The third-order valence-corrected chi connectivity index (χ3v) is 6.41. The summed E-state index contributed by atoms with van der Waals surface area (Å²) in [6.45, 7) is 0.216. The van der Waals surface area contributed by atoms with Crippen LogP contribution in [0.15, 0.2) is 72.8 Å². The molecular weight excluding hydrogens is 472 g/mol. The number of anilines is 1. The number of primary amides is 1. The van der Waals surface area contributed by atoms with Crippen molar-refractivity contribution < 1.29 is 23.9 Å². The Labute approximate surface area is 214 Å². The van der Waals surface area contributed by atoms with Crippen molar-refractivity contribution in [3.8, 4) is 16.9 Å². The summed E-state index contributed by atoms with van der Waals surface area (Å²) in [5.74, 6) is -1.08. The summed E-state index contributed by atoms with van der Waals surface area (Å²) in [4.78, 5) is 38.1. The van der Waals surface area contributed by atoms with E-state index in [2.05, 4.69) is 0 Å². The van der Waals surface area contributed by atoms with Gasteiger partial charge in [0.25, 0.3) is 0 Å². The van der Waals surface area contributed by atoms with Gasteiger partial charge in [-0.1, -0.05) is 36.4 Å². The summed E-state index contributed by atoms with van der Waals surface area (Å²) < 4.78 is 10.8. The normalized spacial score (nSPS) is 16.9. The number of hydrogen-bond donors (Lipinski definition) is 3. The van der Waals surface area contributed by atoms with Gasteiger partial charge in [-0.2, -0.15) is 0 Å². The first kappa shape index (κ1) is 25.4. The van der Waals surface area contributed by atoms with E-state index in [9.17, 15) is 14.4 Å². The number of carbonyl (C=O) groups is 3. The van der Waals surface area contributed by atoms with Gasteiger partial charge >= 0.3 is 5.97 Å². The highest BCUT2D eigenvalue weighted by molar-refractivity contribution is 6.00. The van der Waals surface area contributed by atoms with Crippen molar-refractivity contribution in [1.82, 2.24) is 0 Å². The molecule has 3 aromatic carbocycles. The van der Waals surface area contributed by atoms with E-state index in [1.807, 2.05) is 36.4 Å². The van der Waals surface area contributed by atoms with E-state index in [0.717, 1.165) is 11.1 Å². The molecule has 5 N–H and O–H groups in total. The van der Waals surface area contributed by atoms with Crippen LogP contribution in [0.1, 0.15) is 28.8 Å². The molecule has 0 bridgehead atoms. The lowest BCUT2D eigenvalue weighted by molar-refractivity contribution is -0.143. The van der Waals surface area contributed by atoms with E-state index in [4.69, 9.17) is 26.4 Å². The lowest BCUT2D eigenvalue weighted by Gasteiger charge is -2.25. The maximum atomic E-state index is 13.2. The minimum Gasteiger partial charge on any atom is -0.491 e. The number of esters is 1. The molecule has 190 valence electrons. The molecule has 9 nitrogen and oxygen atoms in total. The van der Waals surface area contributed by atoms with Crippen LogP contribution in [0.3, 0.4) is 0 Å². The van der Waals surface area contributed by atoms with Gasteiger partial charge in [-0.05, 0) is 53.9 Å². The number of rotatable bonds is 9. The van der Waals surface area contributed by atoms with E-state index in [-0.39, 0.29) is 30.8 Å². The number of amides is 2. The van der Waals surface area contributed by atoms with Gasteiger partial charge in [-0.25, -0.2) is 0 Å². The van der Waals surface area contributed by atoms with Crippen LogP contribution in [-0.4, -0.2) is 43.4 Å². The Kier molecular flexibility index (Phi) is 7.52. The van der Waals surface area contributed by atoms with E-state index >= 15 is 0 Å². The Hall–Kier alpha value is -4.66. The zero-order valence-corrected chi connectivity index (χ0v) is 20.3. The standard InChI is InChI=1S/C28H28N4O5/c1-36-25(33)15-21-14-23(32(28(21)35)22-10-6-20(7-11-22)27(31)34)16-37-24-12-8-18(9-13-24)17-2-4-19(5-3-17)26(29)30/h2-13,21,23H,14-16H2,1H3,(H3,29,30)(H2,31,34)/t21-,23-/m0/s1. The second-order valence-electron chi connectivity index (χ2n) is 8.81. The predicted molar refractivity (Wildman–Crippen MR) is 139 cm³/mol. The molecule has 1 aliphatic rings. The lowest BCUT2D eigenvalue weighted by atomic mass is 10.0. The van der Waals surface area contributed by atoms with Gasteiger partial charge in [0.15, 0.2) is 0 Å². The molecule has 0 saturated carbocycles. The number of methoxy groups -OCH3 is 1. The summed E-state index contributed by atoms with van der Waals surface area (Å²) in [7, 11) is 1.30. The molecule has 0 radical (unpaired) electrons. The molecule has 1 aliphatic heterocycles. The highest BCUT2D eigenvalue weighted by Gasteiger charge is 2.41. The molecular formula is C28H28N4O5. The predicted octanol–water partition coefficient (Wildman–Crippen LogP) is 3.10. The molecule has 1 saturated heterocycles. The maximum Gasteiger partial charge on any atom is 0.306 e. The number of hydrogen-bond acceptors (Lipinski definition) is 6. The summed E-state index contributed by atoms with van der Waals surface area (Å²) >= 11 is 0. The van der Waals surface area contributed by atoms with Crippen molar-refractivity contribution in [2.75, 3.05) is 18.6 Å². The van der Waals surface area contributed by atoms with Gasteiger partial charge in [0, 0.05) is 16.8 Å². The second-order valence-corrected chi connectivity index (χ2v) is 8.81. The Morgan fingerprint density at radius 3 is 2.03 bits per heavy atom. The van der Waals surface area contributed by atoms with Crippen molar-refractivity contribution in [2.24, 2.45) is 17.4 Å². The van der Waals surface area contributed by atoms with E-state index in [1.54, 1.807) is 41.3 Å². The Balaban J connectivity index is 1.48. The molecule has 0 aliphatic carbocycles. The molecule has 37 heavy (non-hydrogen) atoms. The molecule has 3 aromatic rings. The highest BCUT2D eigenvalue weighted by atomic mass is 16.5. The first-order valence-electron chi connectivity index (χ1n) is 11.7. The first-order valence-corrected chi connectivity index (χ1v) is 11.7. The van der Waals surface area contributed by atoms with Crippen LogP contribution in [0.25, 0.3) is 11.1 Å². The van der Waals surface area contributed by atoms with Crippen LogP contribution in [0.2, 0.25) is 0 Å². The van der Waals surface area contributed by atoms with Crippen molar-refractivity contribution >= 4 is 29.3 Å². The Morgan fingerprint density at radius 1 is 0.919 bits per heavy atom.